The molecule has 2 N–H and O–H groups in total. The van der Waals surface area contributed by atoms with E-state index in [1.54, 1.807) is 6.07 Å². The molecule has 1 aromatic carbocycles. The number of rotatable bonds is 8. The van der Waals surface area contributed by atoms with Gasteiger partial charge in [-0.05, 0) is 30.7 Å². The summed E-state index contributed by atoms with van der Waals surface area (Å²) >= 11 is 1.28. The second kappa shape index (κ2) is 9.64. The van der Waals surface area contributed by atoms with Crippen LogP contribution in [0.15, 0.2) is 52.1 Å². The maximum atomic E-state index is 12.7. The maximum absolute atomic E-state index is 12.7. The van der Waals surface area contributed by atoms with E-state index in [4.69, 9.17) is 13.9 Å². The molecule has 2 atom stereocenters. The SMILES string of the molecule is CC(=O)OCC1=C(C(=O)O)N2C(=O)[C@@H](NC(=O)c3ccc(COc4ccccc4C)o3)[C@H]2SC1. The minimum atomic E-state index is -1.30. The van der Waals surface area contributed by atoms with E-state index in [1.165, 1.54) is 24.8 Å². The molecule has 0 saturated carbocycles. The highest BCUT2D eigenvalue weighted by Crippen LogP contribution is 2.40. The summed E-state index contributed by atoms with van der Waals surface area (Å²) in [4.78, 5) is 49.3. The number of esters is 1. The minimum absolute atomic E-state index is 0.0139. The van der Waals surface area contributed by atoms with Crippen LogP contribution in [0.3, 0.4) is 0 Å². The Morgan fingerprint density at radius 2 is 1.97 bits per heavy atom. The summed E-state index contributed by atoms with van der Waals surface area (Å²) in [6.07, 6.45) is 0. The van der Waals surface area contributed by atoms with Gasteiger partial charge in [0.25, 0.3) is 11.8 Å². The van der Waals surface area contributed by atoms with Gasteiger partial charge in [-0.15, -0.1) is 11.8 Å². The van der Waals surface area contributed by atoms with Crippen LogP contribution in [0.2, 0.25) is 0 Å². The van der Waals surface area contributed by atoms with Gasteiger partial charge in [0, 0.05) is 18.2 Å². The molecular weight excluding hydrogens is 464 g/mol. The van der Waals surface area contributed by atoms with E-state index < -0.39 is 35.2 Å². The number of furan rings is 1. The molecule has 10 nitrogen and oxygen atoms in total. The number of aliphatic carboxylic acids is 1. The molecule has 0 spiro atoms. The Kier molecular flexibility index (Phi) is 6.64. The third-order valence-electron chi connectivity index (χ3n) is 5.34. The molecule has 0 radical (unpaired) electrons. The van der Waals surface area contributed by atoms with Crippen molar-refractivity contribution in [1.82, 2.24) is 10.2 Å². The van der Waals surface area contributed by atoms with Crippen LogP contribution in [0, 0.1) is 6.92 Å². The Balaban J connectivity index is 1.39. The quantitative estimate of drug-likeness (QED) is 0.425. The first kappa shape index (κ1) is 23.4. The summed E-state index contributed by atoms with van der Waals surface area (Å²) in [6.45, 7) is 3.06. The predicted octanol–water partition coefficient (Wildman–Crippen LogP) is 2.08. The van der Waals surface area contributed by atoms with Gasteiger partial charge in [-0.2, -0.15) is 0 Å². The minimum Gasteiger partial charge on any atom is -0.485 e. The second-order valence-corrected chi connectivity index (χ2v) is 8.82. The number of thioether (sulfide) groups is 1. The molecule has 2 aliphatic heterocycles. The number of benzene rings is 1. The lowest BCUT2D eigenvalue weighted by atomic mass is 10.0. The number of carboxylic acid groups (broad SMARTS) is 1. The zero-order valence-corrected chi connectivity index (χ0v) is 19.2. The number of para-hydroxylation sites is 1. The molecular formula is C23H22N2O8S. The molecule has 1 fully saturated rings. The molecule has 11 heteroatoms. The van der Waals surface area contributed by atoms with Gasteiger partial charge in [-0.1, -0.05) is 18.2 Å². The van der Waals surface area contributed by atoms with Gasteiger partial charge in [0.05, 0.1) is 0 Å². The Labute approximate surface area is 198 Å². The molecule has 4 rings (SSSR count). The van der Waals surface area contributed by atoms with Gasteiger partial charge >= 0.3 is 11.9 Å². The van der Waals surface area contributed by atoms with E-state index in [-0.39, 0.29) is 30.4 Å². The number of carbonyl (C=O) groups excluding carboxylic acids is 3. The molecule has 3 heterocycles. The standard InChI is InChI=1S/C23H22N2O8S/c1-12-5-3-4-6-16(12)32-10-15-7-8-17(33-15)20(27)24-18-21(28)25-19(23(29)30)14(9-31-13(2)26)11-34-22(18)25/h3-8,18,22H,9-11H2,1-2H3,(H,24,27)(H,29,30)/t18-,22-/m1/s1. The van der Waals surface area contributed by atoms with Crippen molar-refractivity contribution in [3.8, 4) is 5.75 Å². The highest BCUT2D eigenvalue weighted by atomic mass is 32.2. The van der Waals surface area contributed by atoms with Crippen molar-refractivity contribution in [2.75, 3.05) is 12.4 Å². The highest BCUT2D eigenvalue weighted by Gasteiger charge is 2.54. The lowest BCUT2D eigenvalue weighted by Crippen LogP contribution is -2.70. The maximum Gasteiger partial charge on any atom is 0.352 e. The summed E-state index contributed by atoms with van der Waals surface area (Å²) in [5.74, 6) is -1.59. The van der Waals surface area contributed by atoms with Crippen LogP contribution in [0.4, 0.5) is 0 Å². The number of carbonyl (C=O) groups is 4. The third-order valence-corrected chi connectivity index (χ3v) is 6.67. The monoisotopic (exact) mass is 486 g/mol. The molecule has 2 amide bonds. The van der Waals surface area contributed by atoms with Crippen LogP contribution in [0.25, 0.3) is 0 Å². The number of aryl methyl sites for hydroxylation is 1. The number of nitrogens with one attached hydrogen (secondary N) is 1. The fourth-order valence-corrected chi connectivity index (χ4v) is 4.97. The number of ether oxygens (including phenoxy) is 2. The van der Waals surface area contributed by atoms with Crippen LogP contribution in [0.1, 0.15) is 28.8 Å². The fraction of sp³-hybridized carbons (Fsp3) is 0.304. The first-order valence-corrected chi connectivity index (χ1v) is 11.4. The number of carboxylic acids is 1. The van der Waals surface area contributed by atoms with E-state index in [2.05, 4.69) is 5.32 Å². The zero-order chi connectivity index (χ0) is 24.4. The third kappa shape index (κ3) is 4.65. The van der Waals surface area contributed by atoms with Crippen molar-refractivity contribution in [2.24, 2.45) is 0 Å². The van der Waals surface area contributed by atoms with E-state index >= 15 is 0 Å². The van der Waals surface area contributed by atoms with Gasteiger partial charge < -0.3 is 24.3 Å². The first-order chi connectivity index (χ1) is 16.3. The molecule has 2 aliphatic rings. The molecule has 0 bridgehead atoms. The smallest absolute Gasteiger partial charge is 0.352 e. The van der Waals surface area contributed by atoms with Gasteiger partial charge in [0.1, 0.15) is 41.8 Å². The Morgan fingerprint density at radius 1 is 1.21 bits per heavy atom. The van der Waals surface area contributed by atoms with Crippen molar-refractivity contribution in [1.29, 1.82) is 0 Å². The summed E-state index contributed by atoms with van der Waals surface area (Å²) in [5, 5.41) is 11.6. The predicted molar refractivity (Wildman–Crippen MR) is 120 cm³/mol. The summed E-state index contributed by atoms with van der Waals surface area (Å²) in [6, 6.07) is 9.71. The highest BCUT2D eigenvalue weighted by molar-refractivity contribution is 8.00. The number of nitrogens with zero attached hydrogens (tertiary/aromatic N) is 1. The zero-order valence-electron chi connectivity index (χ0n) is 18.4. The van der Waals surface area contributed by atoms with Crippen LogP contribution in [-0.4, -0.2) is 57.5 Å². The molecule has 0 unspecified atom stereocenters. The largest absolute Gasteiger partial charge is 0.485 e. The van der Waals surface area contributed by atoms with Crippen molar-refractivity contribution in [3.63, 3.8) is 0 Å². The van der Waals surface area contributed by atoms with Gasteiger partial charge in [0.15, 0.2) is 5.76 Å². The second-order valence-electron chi connectivity index (χ2n) is 7.72. The first-order valence-electron chi connectivity index (χ1n) is 10.4. The van der Waals surface area contributed by atoms with Crippen LogP contribution < -0.4 is 10.1 Å². The molecule has 0 aliphatic carbocycles. The van der Waals surface area contributed by atoms with Crippen LogP contribution >= 0.6 is 11.8 Å². The number of β-lactam (4-membered cyclic amide) rings is 1. The van der Waals surface area contributed by atoms with Crippen molar-refractivity contribution in [3.05, 3.63) is 64.8 Å². The fourth-order valence-electron chi connectivity index (χ4n) is 3.64. The van der Waals surface area contributed by atoms with Crippen molar-refractivity contribution >= 4 is 35.5 Å². The number of fused-ring (bicyclic) bond motifs is 1. The number of hydrogen-bond donors (Lipinski definition) is 2. The van der Waals surface area contributed by atoms with Gasteiger partial charge in [-0.3, -0.25) is 19.3 Å². The molecule has 1 aromatic heterocycles. The summed E-state index contributed by atoms with van der Waals surface area (Å²) < 4.78 is 16.2. The Morgan fingerprint density at radius 3 is 2.68 bits per heavy atom. The van der Waals surface area contributed by atoms with Crippen LogP contribution in [-0.2, 0) is 25.7 Å². The lowest BCUT2D eigenvalue weighted by molar-refractivity contribution is -0.149. The van der Waals surface area contributed by atoms with Gasteiger partial charge in [-0.25, -0.2) is 4.79 Å². The van der Waals surface area contributed by atoms with Gasteiger partial charge in [0.2, 0.25) is 0 Å². The van der Waals surface area contributed by atoms with Crippen molar-refractivity contribution in [2.45, 2.75) is 31.9 Å². The normalized spacial score (nSPS) is 19.2. The van der Waals surface area contributed by atoms with E-state index in [0.29, 0.717) is 17.1 Å². The molecule has 1 saturated heterocycles. The van der Waals surface area contributed by atoms with Crippen LogP contribution in [0.5, 0.6) is 5.75 Å². The number of amides is 2. The average molecular weight is 487 g/mol. The van der Waals surface area contributed by atoms with E-state index in [0.717, 1.165) is 10.5 Å². The van der Waals surface area contributed by atoms with E-state index in [1.807, 2.05) is 31.2 Å². The molecule has 178 valence electrons. The molecule has 2 aromatic rings. The van der Waals surface area contributed by atoms with E-state index in [9.17, 15) is 24.3 Å². The van der Waals surface area contributed by atoms with Crippen molar-refractivity contribution < 1.29 is 38.2 Å². The lowest BCUT2D eigenvalue weighted by Gasteiger charge is -2.49. The molecule has 34 heavy (non-hydrogen) atoms. The average Bonchev–Trinajstić information content (AvgIpc) is 3.28. The summed E-state index contributed by atoms with van der Waals surface area (Å²) in [7, 11) is 0. The Bertz CT molecular complexity index is 1190. The summed E-state index contributed by atoms with van der Waals surface area (Å²) in [5.41, 5.74) is 1.08. The number of hydrogen-bond acceptors (Lipinski definition) is 8. The Hall–Kier alpha value is -3.73. The topological polar surface area (TPSA) is 135 Å².